The van der Waals surface area contributed by atoms with Gasteiger partial charge in [-0.1, -0.05) is 47.2 Å². The maximum atomic E-state index is 13.8. The molecule has 1 aliphatic rings. The van der Waals surface area contributed by atoms with Crippen LogP contribution in [0.2, 0.25) is 5.02 Å². The van der Waals surface area contributed by atoms with Crippen molar-refractivity contribution in [3.63, 3.8) is 0 Å². The number of thiophene rings is 1. The predicted octanol–water partition coefficient (Wildman–Crippen LogP) is 5.49. The molecule has 1 atom stereocenters. The van der Waals surface area contributed by atoms with Crippen LogP contribution in [0.15, 0.2) is 81.0 Å². The smallest absolute Gasteiger partial charge is 0.338 e. The van der Waals surface area contributed by atoms with E-state index in [0.29, 0.717) is 50.3 Å². The van der Waals surface area contributed by atoms with Crippen molar-refractivity contribution in [2.24, 2.45) is 4.99 Å². The van der Waals surface area contributed by atoms with Gasteiger partial charge in [0, 0.05) is 9.90 Å². The van der Waals surface area contributed by atoms with Crippen LogP contribution in [-0.2, 0) is 16.1 Å². The van der Waals surface area contributed by atoms with Crippen LogP contribution in [-0.4, -0.2) is 23.8 Å². The van der Waals surface area contributed by atoms with Crippen LogP contribution in [0.3, 0.4) is 0 Å². The normalized spacial score (nSPS) is 15.0. The molecule has 2 aromatic carbocycles. The third-order valence-corrected chi connectivity index (χ3v) is 8.32. The Hall–Kier alpha value is -3.66. The number of nitrogens with zero attached hydrogens (tertiary/aromatic N) is 2. The lowest BCUT2D eigenvalue weighted by atomic mass is 10.0. The summed E-state index contributed by atoms with van der Waals surface area (Å²) in [5, 5.41) is 2.57. The molecule has 0 spiro atoms. The molecule has 0 radical (unpaired) electrons. The molecule has 4 aromatic rings. The van der Waals surface area contributed by atoms with Crippen LogP contribution in [0.1, 0.15) is 42.8 Å². The van der Waals surface area contributed by atoms with Gasteiger partial charge in [0.1, 0.15) is 12.6 Å². The minimum Gasteiger partial charge on any atom is -0.490 e. The average molecular weight is 595 g/mol. The first-order valence-corrected chi connectivity index (χ1v) is 14.8. The third kappa shape index (κ3) is 5.77. The summed E-state index contributed by atoms with van der Waals surface area (Å²) in [5.74, 6) is 0.696. The number of hydrogen-bond donors (Lipinski definition) is 0. The van der Waals surface area contributed by atoms with Crippen LogP contribution in [0.4, 0.5) is 0 Å². The van der Waals surface area contributed by atoms with Crippen molar-refractivity contribution in [3.8, 4) is 11.5 Å². The number of carbonyl (C=O) groups excluding carboxylic acids is 1. The van der Waals surface area contributed by atoms with E-state index < -0.39 is 12.0 Å². The Morgan fingerprint density at radius 2 is 1.93 bits per heavy atom. The molecule has 3 heterocycles. The number of halogens is 1. The van der Waals surface area contributed by atoms with Gasteiger partial charge in [-0.3, -0.25) is 9.36 Å². The average Bonchev–Trinajstić information content (AvgIpc) is 3.56. The second-order valence-electron chi connectivity index (χ2n) is 8.88. The monoisotopic (exact) mass is 594 g/mol. The Labute approximate surface area is 244 Å². The second kappa shape index (κ2) is 12.2. The Bertz CT molecular complexity index is 1760. The number of benzene rings is 2. The predicted molar refractivity (Wildman–Crippen MR) is 158 cm³/mol. The van der Waals surface area contributed by atoms with E-state index in [2.05, 4.69) is 4.99 Å². The van der Waals surface area contributed by atoms with E-state index in [1.54, 1.807) is 18.4 Å². The van der Waals surface area contributed by atoms with Crippen LogP contribution < -0.4 is 24.4 Å². The van der Waals surface area contributed by atoms with E-state index in [1.165, 1.54) is 22.7 Å². The minimum atomic E-state index is -0.598. The van der Waals surface area contributed by atoms with Gasteiger partial charge >= 0.3 is 5.97 Å². The molecular weight excluding hydrogens is 568 g/mol. The maximum Gasteiger partial charge on any atom is 0.338 e. The lowest BCUT2D eigenvalue weighted by Crippen LogP contribution is -2.39. The molecule has 206 valence electrons. The molecule has 0 saturated heterocycles. The van der Waals surface area contributed by atoms with Crippen LogP contribution in [0.5, 0.6) is 11.5 Å². The fourth-order valence-corrected chi connectivity index (χ4v) is 6.53. The number of carbonyl (C=O) groups is 1. The van der Waals surface area contributed by atoms with E-state index in [4.69, 9.17) is 25.8 Å². The quantitative estimate of drug-likeness (QED) is 0.239. The Morgan fingerprint density at radius 3 is 2.65 bits per heavy atom. The van der Waals surface area contributed by atoms with Crippen LogP contribution in [0.25, 0.3) is 6.08 Å². The van der Waals surface area contributed by atoms with E-state index >= 15 is 0 Å². The van der Waals surface area contributed by atoms with Gasteiger partial charge < -0.3 is 14.2 Å². The lowest BCUT2D eigenvalue weighted by Gasteiger charge is -2.23. The molecule has 40 heavy (non-hydrogen) atoms. The number of aromatic nitrogens is 1. The topological polar surface area (TPSA) is 79.1 Å². The summed E-state index contributed by atoms with van der Waals surface area (Å²) in [5.41, 5.74) is 2.42. The fraction of sp³-hybridized carbons (Fsp3) is 0.233. The van der Waals surface area contributed by atoms with Crippen molar-refractivity contribution in [1.29, 1.82) is 0 Å². The van der Waals surface area contributed by atoms with Crippen molar-refractivity contribution in [3.05, 3.63) is 112 Å². The Morgan fingerprint density at radius 1 is 1.07 bits per heavy atom. The lowest BCUT2D eigenvalue weighted by molar-refractivity contribution is -0.139. The number of allylic oxidation sites excluding steroid dienone is 1. The molecule has 0 aliphatic carbocycles. The van der Waals surface area contributed by atoms with Crippen LogP contribution in [0, 0.1) is 0 Å². The molecule has 0 fully saturated rings. The molecule has 0 saturated carbocycles. The van der Waals surface area contributed by atoms with E-state index in [0.717, 1.165) is 16.0 Å². The SMILES string of the molecule is CCOC(=O)C1=C(C)N=c2s/c(=C\c3ccc(OCc4cccc(Cl)c4)c(OCC)c3)c(=O)n2[C@H]1c1cccs1. The van der Waals surface area contributed by atoms with Crippen LogP contribution >= 0.6 is 34.3 Å². The zero-order valence-corrected chi connectivity index (χ0v) is 24.6. The van der Waals surface area contributed by atoms with Gasteiger partial charge in [0.25, 0.3) is 5.56 Å². The molecule has 1 aliphatic heterocycles. The highest BCUT2D eigenvalue weighted by atomic mass is 35.5. The minimum absolute atomic E-state index is 0.226. The van der Waals surface area contributed by atoms with Crippen molar-refractivity contribution in [1.82, 2.24) is 4.57 Å². The summed E-state index contributed by atoms with van der Waals surface area (Å²) >= 11 is 8.86. The zero-order chi connectivity index (χ0) is 28.2. The number of hydrogen-bond acceptors (Lipinski definition) is 8. The summed E-state index contributed by atoms with van der Waals surface area (Å²) in [7, 11) is 0. The summed E-state index contributed by atoms with van der Waals surface area (Å²) in [6.45, 7) is 6.46. The standard InChI is InChI=1S/C30H27ClN2O5S2/c1-4-36-23-15-19(11-12-22(23)38-17-20-8-6-9-21(31)14-20)16-25-28(34)33-27(24-10-7-13-39-24)26(29(35)37-5-2)18(3)32-30(33)40-25/h6-16,27H,4-5,17H2,1-3H3/b25-16-/t27-/m0/s1. The van der Waals surface area contributed by atoms with Gasteiger partial charge in [0.05, 0.1) is 29.0 Å². The second-order valence-corrected chi connectivity index (χ2v) is 11.3. The number of thiazole rings is 1. The number of rotatable bonds is 9. The molecule has 2 aromatic heterocycles. The molecule has 5 rings (SSSR count). The molecule has 0 N–H and O–H groups in total. The fourth-order valence-electron chi connectivity index (χ4n) is 4.45. The largest absolute Gasteiger partial charge is 0.490 e. The van der Waals surface area contributed by atoms with E-state index in [1.807, 2.05) is 73.0 Å². The third-order valence-electron chi connectivity index (χ3n) is 6.18. The van der Waals surface area contributed by atoms with Gasteiger partial charge in [-0.25, -0.2) is 9.79 Å². The molecule has 0 bridgehead atoms. The highest BCUT2D eigenvalue weighted by Gasteiger charge is 2.33. The summed E-state index contributed by atoms with van der Waals surface area (Å²) < 4.78 is 19.3. The first kappa shape index (κ1) is 27.9. The van der Waals surface area contributed by atoms with Crippen molar-refractivity contribution in [2.45, 2.75) is 33.4 Å². The molecule has 7 nitrogen and oxygen atoms in total. The number of ether oxygens (including phenoxy) is 3. The summed E-state index contributed by atoms with van der Waals surface area (Å²) in [6, 6.07) is 16.3. The Balaban J connectivity index is 1.53. The molecule has 0 unspecified atom stereocenters. The number of esters is 1. The van der Waals surface area contributed by atoms with Crippen molar-refractivity contribution >= 4 is 46.3 Å². The van der Waals surface area contributed by atoms with Gasteiger partial charge in [-0.05, 0) is 73.7 Å². The summed E-state index contributed by atoms with van der Waals surface area (Å²) in [6.07, 6.45) is 1.81. The zero-order valence-electron chi connectivity index (χ0n) is 22.2. The Kier molecular flexibility index (Phi) is 8.54. The first-order valence-electron chi connectivity index (χ1n) is 12.8. The van der Waals surface area contributed by atoms with Crippen molar-refractivity contribution < 1.29 is 19.0 Å². The summed E-state index contributed by atoms with van der Waals surface area (Å²) in [4.78, 5) is 32.7. The highest BCUT2D eigenvalue weighted by molar-refractivity contribution is 7.10. The van der Waals surface area contributed by atoms with Gasteiger partial charge in [-0.15, -0.1) is 11.3 Å². The number of fused-ring (bicyclic) bond motifs is 1. The van der Waals surface area contributed by atoms with Gasteiger partial charge in [0.15, 0.2) is 16.3 Å². The maximum absolute atomic E-state index is 13.8. The molecular formula is C30H27ClN2O5S2. The van der Waals surface area contributed by atoms with Gasteiger partial charge in [0.2, 0.25) is 0 Å². The highest BCUT2D eigenvalue weighted by Crippen LogP contribution is 2.33. The van der Waals surface area contributed by atoms with Gasteiger partial charge in [-0.2, -0.15) is 0 Å². The van der Waals surface area contributed by atoms with E-state index in [9.17, 15) is 9.59 Å². The first-order chi connectivity index (χ1) is 19.4. The molecule has 10 heteroatoms. The molecule has 0 amide bonds. The van der Waals surface area contributed by atoms with E-state index in [-0.39, 0.29) is 12.2 Å². The van der Waals surface area contributed by atoms with Crippen molar-refractivity contribution in [2.75, 3.05) is 13.2 Å².